The molecule has 1 saturated carbocycles. The molecule has 6 nitrogen and oxygen atoms in total. The van der Waals surface area contributed by atoms with Crippen molar-refractivity contribution in [2.24, 2.45) is 11.8 Å². The first kappa shape index (κ1) is 23.9. The lowest BCUT2D eigenvalue weighted by Gasteiger charge is -2.36. The Balaban J connectivity index is 0.951. The number of benzene rings is 2. The Kier molecular flexibility index (Phi) is 6.75. The summed E-state index contributed by atoms with van der Waals surface area (Å²) < 4.78 is 37.6. The van der Waals surface area contributed by atoms with E-state index in [4.69, 9.17) is 8.79 Å². The fourth-order valence-electron chi connectivity index (χ4n) is 5.84. The molecule has 4 aromatic rings. The van der Waals surface area contributed by atoms with Crippen molar-refractivity contribution in [3.63, 3.8) is 0 Å². The summed E-state index contributed by atoms with van der Waals surface area (Å²) in [6.45, 7) is 5.35. The average molecular weight is 524 g/mol. The number of hydrogen-bond donors (Lipinski definition) is 0. The molecule has 0 spiro atoms. The van der Waals surface area contributed by atoms with Crippen molar-refractivity contribution in [1.82, 2.24) is 9.27 Å². The number of aromatic nitrogens is 1. The third-order valence-corrected chi connectivity index (χ3v) is 10.6. The summed E-state index contributed by atoms with van der Waals surface area (Å²) in [6, 6.07) is 17.7. The van der Waals surface area contributed by atoms with Gasteiger partial charge < -0.3 is 9.32 Å². The summed E-state index contributed by atoms with van der Waals surface area (Å²) in [4.78, 5) is 5.02. The summed E-state index contributed by atoms with van der Waals surface area (Å²) in [5.41, 5.74) is 0.639. The van der Waals surface area contributed by atoms with E-state index >= 15 is 0 Å². The van der Waals surface area contributed by atoms with Gasteiger partial charge in [0.2, 0.25) is 14.9 Å². The maximum atomic E-state index is 13.0. The molecule has 1 aliphatic heterocycles. The quantitative estimate of drug-likeness (QED) is 0.303. The van der Waals surface area contributed by atoms with Crippen molar-refractivity contribution >= 4 is 48.2 Å². The van der Waals surface area contributed by atoms with E-state index in [1.54, 1.807) is 17.6 Å². The van der Waals surface area contributed by atoms with Crippen molar-refractivity contribution in [3.05, 3.63) is 54.6 Å². The second kappa shape index (κ2) is 10.1. The van der Waals surface area contributed by atoms with Crippen LogP contribution in [0.25, 0.3) is 21.1 Å². The molecule has 2 aromatic carbocycles. The molecule has 0 bridgehead atoms. The smallest absolute Gasteiger partial charge is 0.219 e. The molecule has 0 radical (unpaired) electrons. The van der Waals surface area contributed by atoms with Gasteiger partial charge in [0, 0.05) is 43.0 Å². The lowest BCUT2D eigenvalue weighted by Crippen LogP contribution is -2.47. The standard InChI is InChI=1S/C28H33N3O3S2/c32-36(33,27-19-23-5-1-3-7-25(23)34-27)20-22-11-9-21(10-12-22)13-14-30-15-17-31(18-16-30)28-24-6-2-4-8-26(24)35-29-28/h1-8,19,21-22H,9-18,20H2. The predicted molar refractivity (Wildman–Crippen MR) is 147 cm³/mol. The molecule has 0 N–H and O–H groups in total. The molecule has 0 amide bonds. The zero-order valence-corrected chi connectivity index (χ0v) is 22.1. The van der Waals surface area contributed by atoms with Crippen LogP contribution in [-0.2, 0) is 9.84 Å². The van der Waals surface area contributed by atoms with Crippen LogP contribution in [0.15, 0.2) is 64.1 Å². The SMILES string of the molecule is O=S(=O)(CC1CCC(CCN2CCN(c3nsc4ccccc34)CC2)CC1)c1cc2ccccc2o1. The molecule has 1 saturated heterocycles. The number of fused-ring (bicyclic) bond motifs is 2. The molecule has 0 unspecified atom stereocenters. The molecule has 3 heterocycles. The van der Waals surface area contributed by atoms with Gasteiger partial charge in [-0.1, -0.05) is 43.2 Å². The maximum Gasteiger partial charge on any atom is 0.219 e. The zero-order chi connectivity index (χ0) is 24.5. The van der Waals surface area contributed by atoms with Crippen LogP contribution in [0.1, 0.15) is 32.1 Å². The monoisotopic (exact) mass is 523 g/mol. The fourth-order valence-corrected chi connectivity index (χ4v) is 8.28. The Morgan fingerprint density at radius 2 is 1.64 bits per heavy atom. The van der Waals surface area contributed by atoms with Gasteiger partial charge in [-0.05, 0) is 67.4 Å². The molecule has 6 rings (SSSR count). The number of anilines is 1. The van der Waals surface area contributed by atoms with E-state index in [0.29, 0.717) is 11.5 Å². The highest BCUT2D eigenvalue weighted by atomic mass is 32.2. The number of para-hydroxylation sites is 1. The van der Waals surface area contributed by atoms with Crippen LogP contribution < -0.4 is 4.90 Å². The molecule has 190 valence electrons. The van der Waals surface area contributed by atoms with Crippen LogP contribution in [0.5, 0.6) is 0 Å². The van der Waals surface area contributed by atoms with Gasteiger partial charge in [0.05, 0.1) is 10.5 Å². The molecule has 1 aliphatic carbocycles. The fraction of sp³-hybridized carbons (Fsp3) is 0.464. The Hall–Kier alpha value is -2.42. The van der Waals surface area contributed by atoms with E-state index in [2.05, 4.69) is 34.1 Å². The number of hydrogen-bond acceptors (Lipinski definition) is 7. The molecule has 0 atom stereocenters. The van der Waals surface area contributed by atoms with Gasteiger partial charge in [-0.2, -0.15) is 4.37 Å². The first-order chi connectivity index (χ1) is 17.5. The second-order valence-corrected chi connectivity index (χ2v) is 13.2. The minimum Gasteiger partial charge on any atom is -0.445 e. The van der Waals surface area contributed by atoms with Crippen molar-refractivity contribution in [2.45, 2.75) is 37.2 Å². The number of furan rings is 1. The Labute approximate surface area is 217 Å². The van der Waals surface area contributed by atoms with Crippen molar-refractivity contribution < 1.29 is 12.8 Å². The number of nitrogens with zero attached hydrogens (tertiary/aromatic N) is 3. The largest absolute Gasteiger partial charge is 0.445 e. The lowest BCUT2D eigenvalue weighted by atomic mass is 9.81. The van der Waals surface area contributed by atoms with Gasteiger partial charge in [-0.3, -0.25) is 4.90 Å². The van der Waals surface area contributed by atoms with Gasteiger partial charge in [-0.25, -0.2) is 8.42 Å². The van der Waals surface area contributed by atoms with E-state index in [0.717, 1.165) is 69.6 Å². The topological polar surface area (TPSA) is 66.7 Å². The first-order valence-corrected chi connectivity index (χ1v) is 15.5. The van der Waals surface area contributed by atoms with Gasteiger partial charge in [0.1, 0.15) is 11.4 Å². The zero-order valence-electron chi connectivity index (χ0n) is 20.5. The van der Waals surface area contributed by atoms with E-state index in [1.807, 2.05) is 24.3 Å². The molecule has 2 aromatic heterocycles. The van der Waals surface area contributed by atoms with E-state index in [9.17, 15) is 8.42 Å². The Morgan fingerprint density at radius 3 is 2.44 bits per heavy atom. The summed E-state index contributed by atoms with van der Waals surface area (Å²) in [5, 5.41) is 2.24. The van der Waals surface area contributed by atoms with E-state index in [-0.39, 0.29) is 16.8 Å². The van der Waals surface area contributed by atoms with Crippen LogP contribution >= 0.6 is 11.5 Å². The van der Waals surface area contributed by atoms with Crippen LogP contribution in [0.3, 0.4) is 0 Å². The van der Waals surface area contributed by atoms with Gasteiger partial charge in [-0.15, -0.1) is 0 Å². The van der Waals surface area contributed by atoms with Crippen LogP contribution in [0.4, 0.5) is 5.82 Å². The highest BCUT2D eigenvalue weighted by molar-refractivity contribution is 7.91. The number of piperazine rings is 1. The summed E-state index contributed by atoms with van der Waals surface area (Å²) in [6.07, 6.45) is 5.46. The third-order valence-electron chi connectivity index (χ3n) is 8.01. The van der Waals surface area contributed by atoms with Gasteiger partial charge in [0.15, 0.2) is 0 Å². The summed E-state index contributed by atoms with van der Waals surface area (Å²) in [7, 11) is -3.39. The van der Waals surface area contributed by atoms with Crippen LogP contribution in [0.2, 0.25) is 0 Å². The van der Waals surface area contributed by atoms with Crippen LogP contribution in [0, 0.1) is 11.8 Å². The Bertz CT molecular complexity index is 1400. The molecule has 36 heavy (non-hydrogen) atoms. The van der Waals surface area contributed by atoms with E-state index < -0.39 is 9.84 Å². The maximum absolute atomic E-state index is 13.0. The second-order valence-electron chi connectivity index (χ2n) is 10.4. The minimum absolute atomic E-state index is 0.121. The predicted octanol–water partition coefficient (Wildman–Crippen LogP) is 5.83. The minimum atomic E-state index is -3.39. The lowest BCUT2D eigenvalue weighted by molar-refractivity contribution is 0.208. The number of sulfone groups is 1. The molecule has 2 fully saturated rings. The molecular formula is C28H33N3O3S2. The van der Waals surface area contributed by atoms with E-state index in [1.165, 1.54) is 16.5 Å². The van der Waals surface area contributed by atoms with Crippen LogP contribution in [-0.4, -0.2) is 56.2 Å². The number of rotatable bonds is 7. The summed E-state index contributed by atoms with van der Waals surface area (Å²) in [5.74, 6) is 2.28. The third kappa shape index (κ3) is 5.04. The first-order valence-electron chi connectivity index (χ1n) is 13.1. The average Bonchev–Trinajstić information content (AvgIpc) is 3.54. The highest BCUT2D eigenvalue weighted by Crippen LogP contribution is 2.34. The van der Waals surface area contributed by atoms with Crippen molar-refractivity contribution in [2.75, 3.05) is 43.4 Å². The molecule has 2 aliphatic rings. The Morgan fingerprint density at radius 1 is 0.917 bits per heavy atom. The molecule has 8 heteroatoms. The van der Waals surface area contributed by atoms with Crippen molar-refractivity contribution in [1.29, 1.82) is 0 Å². The molecular weight excluding hydrogens is 490 g/mol. The highest BCUT2D eigenvalue weighted by Gasteiger charge is 2.29. The normalized spacial score (nSPS) is 21.9. The van der Waals surface area contributed by atoms with Gasteiger partial charge >= 0.3 is 0 Å². The van der Waals surface area contributed by atoms with Crippen molar-refractivity contribution in [3.8, 4) is 0 Å². The van der Waals surface area contributed by atoms with Gasteiger partial charge in [0.25, 0.3) is 0 Å². The summed E-state index contributed by atoms with van der Waals surface area (Å²) >= 11 is 1.59.